The van der Waals surface area contributed by atoms with Crippen LogP contribution in [0.5, 0.6) is 0 Å². The fraction of sp³-hybridized carbons (Fsp3) is 0.583. The van der Waals surface area contributed by atoms with Crippen LogP contribution in [0.15, 0.2) is 22.8 Å². The molecule has 16 heavy (non-hydrogen) atoms. The van der Waals surface area contributed by atoms with Crippen molar-refractivity contribution in [2.24, 2.45) is 0 Å². The van der Waals surface area contributed by atoms with Crippen molar-refractivity contribution in [3.8, 4) is 0 Å². The molecule has 1 aromatic rings. The molecule has 0 aliphatic heterocycles. The van der Waals surface area contributed by atoms with E-state index in [0.29, 0.717) is 6.42 Å². The molecule has 1 unspecified atom stereocenters. The van der Waals surface area contributed by atoms with Crippen LogP contribution in [-0.4, -0.2) is 26.7 Å². The number of hydrogen-bond donors (Lipinski definition) is 1. The van der Waals surface area contributed by atoms with Crippen molar-refractivity contribution in [1.82, 2.24) is 4.98 Å². The summed E-state index contributed by atoms with van der Waals surface area (Å²) in [5.41, 5.74) is 0.935. The van der Waals surface area contributed by atoms with Gasteiger partial charge in [-0.25, -0.2) is 0 Å². The first-order valence-electron chi connectivity index (χ1n) is 5.29. The summed E-state index contributed by atoms with van der Waals surface area (Å²) in [4.78, 5) is 4.25. The van der Waals surface area contributed by atoms with Crippen LogP contribution in [0.4, 0.5) is 0 Å². The molecule has 1 heterocycles. The van der Waals surface area contributed by atoms with Crippen LogP contribution in [0, 0.1) is 0 Å². The van der Waals surface area contributed by atoms with E-state index in [1.165, 1.54) is 0 Å². The Morgan fingerprint density at radius 1 is 1.44 bits per heavy atom. The summed E-state index contributed by atoms with van der Waals surface area (Å²) in [6, 6.07) is 3.89. The topological polar surface area (TPSA) is 33.1 Å². The molecule has 0 aromatic carbocycles. The van der Waals surface area contributed by atoms with E-state index in [9.17, 15) is 5.11 Å². The van der Waals surface area contributed by atoms with Crippen molar-refractivity contribution in [3.05, 3.63) is 28.5 Å². The first-order valence-corrected chi connectivity index (χ1v) is 7.07. The van der Waals surface area contributed by atoms with E-state index in [-0.39, 0.29) is 10.9 Å². The third kappa shape index (κ3) is 5.87. The summed E-state index contributed by atoms with van der Waals surface area (Å²) < 4.78 is 1.17. The molecule has 0 amide bonds. The van der Waals surface area contributed by atoms with E-state index < -0.39 is 0 Å². The van der Waals surface area contributed by atoms with Gasteiger partial charge in [0, 0.05) is 33.3 Å². The molecule has 0 spiro atoms. The number of hydrogen-bond acceptors (Lipinski definition) is 3. The lowest BCUT2D eigenvalue weighted by atomic mass is 10.2. The van der Waals surface area contributed by atoms with Gasteiger partial charge in [-0.2, -0.15) is 11.8 Å². The number of aliphatic hydroxyl groups is 1. The predicted molar refractivity (Wildman–Crippen MR) is 73.9 cm³/mol. The molecule has 0 radical (unpaired) electrons. The lowest BCUT2D eigenvalue weighted by molar-refractivity contribution is 0.198. The second kappa shape index (κ2) is 6.03. The zero-order chi connectivity index (χ0) is 12.2. The van der Waals surface area contributed by atoms with Crippen LogP contribution in [0.2, 0.25) is 0 Å². The zero-order valence-corrected chi connectivity index (χ0v) is 12.3. The molecular formula is C12H18BrNOS. The second-order valence-corrected chi connectivity index (χ2v) is 7.51. The van der Waals surface area contributed by atoms with Crippen LogP contribution in [-0.2, 0) is 6.42 Å². The molecule has 0 aliphatic rings. The Balaban J connectivity index is 2.39. The average Bonchev–Trinajstić information content (AvgIpc) is 2.18. The van der Waals surface area contributed by atoms with Crippen LogP contribution >= 0.6 is 27.7 Å². The summed E-state index contributed by atoms with van der Waals surface area (Å²) in [5.74, 6) is 0.751. The Labute approximate surface area is 110 Å². The summed E-state index contributed by atoms with van der Waals surface area (Å²) in [7, 11) is 0. The van der Waals surface area contributed by atoms with E-state index in [1.807, 2.05) is 12.1 Å². The van der Waals surface area contributed by atoms with Gasteiger partial charge < -0.3 is 5.11 Å². The average molecular weight is 304 g/mol. The van der Waals surface area contributed by atoms with Crippen molar-refractivity contribution in [1.29, 1.82) is 0 Å². The van der Waals surface area contributed by atoms with Gasteiger partial charge in [-0.1, -0.05) is 20.8 Å². The minimum Gasteiger partial charge on any atom is -0.392 e. The molecular weight excluding hydrogens is 286 g/mol. The number of thioether (sulfide) groups is 1. The molecule has 90 valence electrons. The maximum atomic E-state index is 9.86. The number of pyridine rings is 1. The van der Waals surface area contributed by atoms with Gasteiger partial charge in [-0.3, -0.25) is 4.98 Å². The number of aromatic nitrogens is 1. The quantitative estimate of drug-likeness (QED) is 0.926. The van der Waals surface area contributed by atoms with Gasteiger partial charge >= 0.3 is 0 Å². The molecule has 2 nitrogen and oxygen atoms in total. The molecule has 0 fully saturated rings. The van der Waals surface area contributed by atoms with Gasteiger partial charge in [0.1, 0.15) is 0 Å². The predicted octanol–water partition coefficient (Wildman–Crippen LogP) is 3.28. The normalized spacial score (nSPS) is 13.8. The van der Waals surface area contributed by atoms with Crippen molar-refractivity contribution < 1.29 is 5.11 Å². The molecule has 1 rings (SSSR count). The summed E-state index contributed by atoms with van der Waals surface area (Å²) in [6.07, 6.45) is 2.06. The number of rotatable bonds is 4. The van der Waals surface area contributed by atoms with Crippen molar-refractivity contribution in [2.45, 2.75) is 38.0 Å². The van der Waals surface area contributed by atoms with Gasteiger partial charge in [0.25, 0.3) is 0 Å². The van der Waals surface area contributed by atoms with Crippen molar-refractivity contribution >= 4 is 27.7 Å². The standard InChI is InChI=1S/C12H18BrNOS/c1-12(2,3)16-8-11(15)6-10-5-4-9(13)7-14-10/h4-5,7,11,15H,6,8H2,1-3H3. The highest BCUT2D eigenvalue weighted by molar-refractivity contribution is 9.10. The Hall–Kier alpha value is -0.0600. The fourth-order valence-electron chi connectivity index (χ4n) is 1.17. The Kier molecular flexibility index (Phi) is 5.28. The molecule has 0 bridgehead atoms. The minimum atomic E-state index is -0.321. The molecule has 1 aromatic heterocycles. The maximum absolute atomic E-state index is 9.86. The van der Waals surface area contributed by atoms with Gasteiger partial charge in [-0.05, 0) is 28.1 Å². The number of nitrogens with zero attached hydrogens (tertiary/aromatic N) is 1. The molecule has 0 saturated heterocycles. The van der Waals surface area contributed by atoms with E-state index in [2.05, 4.69) is 41.7 Å². The highest BCUT2D eigenvalue weighted by atomic mass is 79.9. The van der Waals surface area contributed by atoms with Crippen molar-refractivity contribution in [2.75, 3.05) is 5.75 Å². The highest BCUT2D eigenvalue weighted by Crippen LogP contribution is 2.24. The van der Waals surface area contributed by atoms with Crippen molar-refractivity contribution in [3.63, 3.8) is 0 Å². The zero-order valence-electron chi connectivity index (χ0n) is 9.90. The Bertz CT molecular complexity index is 321. The molecule has 0 saturated carbocycles. The lowest BCUT2D eigenvalue weighted by Crippen LogP contribution is -2.19. The molecule has 4 heteroatoms. The number of aliphatic hydroxyl groups excluding tert-OH is 1. The minimum absolute atomic E-state index is 0.203. The molecule has 0 aliphatic carbocycles. The van der Waals surface area contributed by atoms with Crippen LogP contribution in [0.1, 0.15) is 26.5 Å². The fourth-order valence-corrected chi connectivity index (χ4v) is 2.22. The Morgan fingerprint density at radius 3 is 2.62 bits per heavy atom. The first-order chi connectivity index (χ1) is 7.37. The third-order valence-corrected chi connectivity index (χ3v) is 3.83. The van der Waals surface area contributed by atoms with E-state index in [1.54, 1.807) is 18.0 Å². The maximum Gasteiger partial charge on any atom is 0.0686 e. The van der Waals surface area contributed by atoms with Gasteiger partial charge in [0.15, 0.2) is 0 Å². The Morgan fingerprint density at radius 2 is 2.12 bits per heavy atom. The summed E-state index contributed by atoms with van der Waals surface area (Å²) >= 11 is 5.12. The van der Waals surface area contributed by atoms with E-state index >= 15 is 0 Å². The smallest absolute Gasteiger partial charge is 0.0686 e. The highest BCUT2D eigenvalue weighted by Gasteiger charge is 2.14. The lowest BCUT2D eigenvalue weighted by Gasteiger charge is -2.19. The third-order valence-electron chi connectivity index (χ3n) is 1.94. The first kappa shape index (κ1) is 14.0. The van der Waals surface area contributed by atoms with Crippen LogP contribution in [0.25, 0.3) is 0 Å². The SMILES string of the molecule is CC(C)(C)SCC(O)Cc1ccc(Br)cn1. The van der Waals surface area contributed by atoms with Crippen LogP contribution in [0.3, 0.4) is 0 Å². The van der Waals surface area contributed by atoms with E-state index in [0.717, 1.165) is 15.9 Å². The number of halogens is 1. The largest absolute Gasteiger partial charge is 0.392 e. The monoisotopic (exact) mass is 303 g/mol. The van der Waals surface area contributed by atoms with E-state index in [4.69, 9.17) is 0 Å². The van der Waals surface area contributed by atoms with Gasteiger partial charge in [0.05, 0.1) is 6.10 Å². The van der Waals surface area contributed by atoms with Gasteiger partial charge in [0.2, 0.25) is 0 Å². The van der Waals surface area contributed by atoms with Crippen LogP contribution < -0.4 is 0 Å². The molecule has 1 N–H and O–H groups in total. The molecule has 1 atom stereocenters. The summed E-state index contributed by atoms with van der Waals surface area (Å²) in [6.45, 7) is 6.47. The van der Waals surface area contributed by atoms with Gasteiger partial charge in [-0.15, -0.1) is 0 Å². The summed E-state index contributed by atoms with van der Waals surface area (Å²) in [5, 5.41) is 9.86. The second-order valence-electron chi connectivity index (χ2n) is 4.75.